The number of rotatable bonds is 5. The average molecular weight is 374 g/mol. The van der Waals surface area contributed by atoms with E-state index in [1.54, 1.807) is 12.1 Å². The number of nitriles is 1. The van der Waals surface area contributed by atoms with E-state index in [2.05, 4.69) is 11.1 Å². The number of nitrogens with zero attached hydrogens (tertiary/aromatic N) is 2. The molecular formula is C22H18N2O4. The van der Waals surface area contributed by atoms with Crippen molar-refractivity contribution in [2.45, 2.75) is 26.7 Å². The summed E-state index contributed by atoms with van der Waals surface area (Å²) in [6.45, 7) is 4.00. The maximum atomic E-state index is 12.3. The third kappa shape index (κ3) is 3.69. The number of carboxylic acids is 1. The van der Waals surface area contributed by atoms with Crippen molar-refractivity contribution in [3.8, 4) is 22.9 Å². The third-order valence-corrected chi connectivity index (χ3v) is 4.46. The van der Waals surface area contributed by atoms with Crippen molar-refractivity contribution in [1.82, 2.24) is 4.98 Å². The Balaban J connectivity index is 2.16. The maximum absolute atomic E-state index is 12.3. The van der Waals surface area contributed by atoms with Crippen molar-refractivity contribution in [2.75, 3.05) is 0 Å². The number of fused-ring (bicyclic) bond motifs is 1. The van der Waals surface area contributed by atoms with Crippen LogP contribution in [0.4, 0.5) is 0 Å². The van der Waals surface area contributed by atoms with Gasteiger partial charge in [0.15, 0.2) is 11.5 Å². The zero-order valence-corrected chi connectivity index (χ0v) is 15.5. The standard InChI is InChI=1S/C22H18N2O4/c1-12-7-13(2)9-15(8-12)14-3-4-16-17(11-23)22(28)21(24-18(16)10-14)19(25)5-6-20(26)27/h3-4,7-10,28H,5-6H2,1-2H3,(H,26,27). The molecule has 0 saturated carbocycles. The number of aryl methyl sites for hydroxylation is 2. The van der Waals surface area contributed by atoms with Gasteiger partial charge in [0.1, 0.15) is 17.3 Å². The largest absolute Gasteiger partial charge is 0.504 e. The van der Waals surface area contributed by atoms with E-state index in [0.29, 0.717) is 10.9 Å². The molecule has 0 aliphatic rings. The number of pyridine rings is 1. The Morgan fingerprint density at radius 2 is 1.71 bits per heavy atom. The van der Waals surface area contributed by atoms with E-state index in [9.17, 15) is 20.0 Å². The van der Waals surface area contributed by atoms with Crippen molar-refractivity contribution >= 4 is 22.7 Å². The molecule has 3 rings (SSSR count). The lowest BCUT2D eigenvalue weighted by molar-refractivity contribution is -0.136. The second kappa shape index (κ2) is 7.49. The molecule has 0 saturated heterocycles. The normalized spacial score (nSPS) is 10.6. The molecule has 1 heterocycles. The summed E-state index contributed by atoms with van der Waals surface area (Å²) in [4.78, 5) is 27.3. The van der Waals surface area contributed by atoms with Gasteiger partial charge in [0.25, 0.3) is 0 Å². The summed E-state index contributed by atoms with van der Waals surface area (Å²) >= 11 is 0. The first-order chi connectivity index (χ1) is 13.3. The number of hydrogen-bond acceptors (Lipinski definition) is 5. The highest BCUT2D eigenvalue weighted by molar-refractivity contribution is 6.02. The Morgan fingerprint density at radius 1 is 1.04 bits per heavy atom. The number of hydrogen-bond donors (Lipinski definition) is 2. The van der Waals surface area contributed by atoms with Crippen molar-refractivity contribution in [3.63, 3.8) is 0 Å². The number of aromatic hydroxyl groups is 1. The molecule has 0 bridgehead atoms. The van der Waals surface area contributed by atoms with Gasteiger partial charge in [-0.15, -0.1) is 0 Å². The Morgan fingerprint density at radius 3 is 2.32 bits per heavy atom. The molecule has 0 radical (unpaired) electrons. The van der Waals surface area contributed by atoms with Gasteiger partial charge in [0.05, 0.1) is 11.9 Å². The van der Waals surface area contributed by atoms with Crippen LogP contribution in [0.15, 0.2) is 36.4 Å². The van der Waals surface area contributed by atoms with Crippen LogP contribution in [0.3, 0.4) is 0 Å². The predicted octanol–water partition coefficient (Wildman–Crippen LogP) is 4.14. The smallest absolute Gasteiger partial charge is 0.303 e. The SMILES string of the molecule is Cc1cc(C)cc(-c2ccc3c(C#N)c(O)c(C(=O)CCC(=O)O)nc3c2)c1. The molecule has 0 aliphatic carbocycles. The third-order valence-electron chi connectivity index (χ3n) is 4.46. The van der Waals surface area contributed by atoms with Gasteiger partial charge in [0.2, 0.25) is 0 Å². The van der Waals surface area contributed by atoms with Crippen molar-refractivity contribution in [3.05, 3.63) is 58.8 Å². The predicted molar refractivity (Wildman–Crippen MR) is 104 cm³/mol. The summed E-state index contributed by atoms with van der Waals surface area (Å²) in [5, 5.41) is 29.0. The fraction of sp³-hybridized carbons (Fsp3) is 0.182. The monoisotopic (exact) mass is 374 g/mol. The number of carbonyl (C=O) groups is 2. The number of ketones is 1. The minimum Gasteiger partial charge on any atom is -0.504 e. The first-order valence-corrected chi connectivity index (χ1v) is 8.70. The second-order valence-corrected chi connectivity index (χ2v) is 6.72. The number of carboxylic acid groups (broad SMARTS) is 1. The molecular weight excluding hydrogens is 356 g/mol. The molecule has 0 atom stereocenters. The molecule has 6 heteroatoms. The first kappa shape index (κ1) is 19.1. The summed E-state index contributed by atoms with van der Waals surface area (Å²) in [6, 6.07) is 13.3. The number of aromatic nitrogens is 1. The Labute approximate surface area is 161 Å². The molecule has 140 valence electrons. The second-order valence-electron chi connectivity index (χ2n) is 6.72. The first-order valence-electron chi connectivity index (χ1n) is 8.70. The molecule has 1 aromatic heterocycles. The number of benzene rings is 2. The van der Waals surface area contributed by atoms with Gasteiger partial charge in [-0.05, 0) is 31.0 Å². The Hall–Kier alpha value is -3.72. The molecule has 0 aliphatic heterocycles. The van der Waals surface area contributed by atoms with E-state index >= 15 is 0 Å². The van der Waals surface area contributed by atoms with E-state index in [-0.39, 0.29) is 24.1 Å². The summed E-state index contributed by atoms with van der Waals surface area (Å²) < 4.78 is 0. The number of Topliss-reactive ketones (excluding diaryl/α,β-unsaturated/α-hetero) is 1. The van der Waals surface area contributed by atoms with Crippen LogP contribution in [-0.2, 0) is 4.79 Å². The molecule has 3 aromatic rings. The van der Waals surface area contributed by atoms with E-state index in [1.165, 1.54) is 0 Å². The van der Waals surface area contributed by atoms with Gasteiger partial charge < -0.3 is 10.2 Å². The maximum Gasteiger partial charge on any atom is 0.303 e. The van der Waals surface area contributed by atoms with Crippen LogP contribution in [0.1, 0.15) is 40.0 Å². The summed E-state index contributed by atoms with van der Waals surface area (Å²) in [5.74, 6) is -2.24. The van der Waals surface area contributed by atoms with E-state index in [4.69, 9.17) is 5.11 Å². The van der Waals surface area contributed by atoms with Gasteiger partial charge in [-0.25, -0.2) is 4.98 Å². The van der Waals surface area contributed by atoms with Crippen LogP contribution in [0.25, 0.3) is 22.0 Å². The average Bonchev–Trinajstić information content (AvgIpc) is 2.64. The fourth-order valence-electron chi connectivity index (χ4n) is 3.22. The molecule has 0 unspecified atom stereocenters. The highest BCUT2D eigenvalue weighted by Gasteiger charge is 2.20. The van der Waals surface area contributed by atoms with Gasteiger partial charge in [0, 0.05) is 11.8 Å². The molecule has 0 amide bonds. The minimum atomic E-state index is -1.12. The lowest BCUT2D eigenvalue weighted by Gasteiger charge is -2.10. The highest BCUT2D eigenvalue weighted by Crippen LogP contribution is 2.32. The van der Waals surface area contributed by atoms with Crippen LogP contribution in [-0.4, -0.2) is 26.9 Å². The van der Waals surface area contributed by atoms with Crippen LogP contribution in [0.2, 0.25) is 0 Å². The molecule has 0 fully saturated rings. The Kier molecular flexibility index (Phi) is 5.10. The number of aliphatic carboxylic acids is 1. The molecule has 28 heavy (non-hydrogen) atoms. The van der Waals surface area contributed by atoms with Crippen molar-refractivity contribution in [1.29, 1.82) is 5.26 Å². The molecule has 0 spiro atoms. The lowest BCUT2D eigenvalue weighted by Crippen LogP contribution is -2.07. The quantitative estimate of drug-likeness (QED) is 0.649. The van der Waals surface area contributed by atoms with Crippen LogP contribution in [0, 0.1) is 25.2 Å². The van der Waals surface area contributed by atoms with Crippen LogP contribution in [0.5, 0.6) is 5.75 Å². The number of carbonyl (C=O) groups excluding carboxylic acids is 1. The van der Waals surface area contributed by atoms with E-state index in [0.717, 1.165) is 22.3 Å². The summed E-state index contributed by atoms with van der Waals surface area (Å²) in [7, 11) is 0. The van der Waals surface area contributed by atoms with Gasteiger partial charge in [-0.1, -0.05) is 41.5 Å². The zero-order valence-electron chi connectivity index (χ0n) is 15.5. The minimum absolute atomic E-state index is 0.0457. The van der Waals surface area contributed by atoms with E-state index < -0.39 is 17.5 Å². The molecule has 2 aromatic carbocycles. The van der Waals surface area contributed by atoms with Crippen LogP contribution >= 0.6 is 0 Å². The van der Waals surface area contributed by atoms with Gasteiger partial charge in [-0.3, -0.25) is 9.59 Å². The van der Waals surface area contributed by atoms with Crippen molar-refractivity contribution in [2.24, 2.45) is 0 Å². The lowest BCUT2D eigenvalue weighted by atomic mass is 9.97. The zero-order chi connectivity index (χ0) is 20.4. The van der Waals surface area contributed by atoms with Gasteiger partial charge in [-0.2, -0.15) is 5.26 Å². The van der Waals surface area contributed by atoms with Crippen molar-refractivity contribution < 1.29 is 19.8 Å². The fourth-order valence-corrected chi connectivity index (χ4v) is 3.22. The summed E-state index contributed by atoms with van der Waals surface area (Å²) in [5.41, 5.74) is 4.13. The highest BCUT2D eigenvalue weighted by atomic mass is 16.4. The molecule has 2 N–H and O–H groups in total. The van der Waals surface area contributed by atoms with Gasteiger partial charge >= 0.3 is 5.97 Å². The topological polar surface area (TPSA) is 111 Å². The van der Waals surface area contributed by atoms with Crippen LogP contribution < -0.4 is 0 Å². The molecule has 6 nitrogen and oxygen atoms in total. The Bertz CT molecular complexity index is 1140. The van der Waals surface area contributed by atoms with E-state index in [1.807, 2.05) is 38.1 Å². The summed E-state index contributed by atoms with van der Waals surface area (Å²) in [6.07, 6.45) is -0.675.